The first kappa shape index (κ1) is 41.5. The Morgan fingerprint density at radius 3 is 0.786 bits per heavy atom. The summed E-state index contributed by atoms with van der Waals surface area (Å²) < 4.78 is 0. The second-order valence-corrected chi connectivity index (χ2v) is 13.8. The Balaban J connectivity index is 3.14. The second-order valence-electron chi connectivity index (χ2n) is 13.8. The van der Waals surface area contributed by atoms with Gasteiger partial charge in [0.15, 0.2) is 0 Å². The molecule has 0 bridgehead atoms. The molecule has 0 saturated heterocycles. The van der Waals surface area contributed by atoms with E-state index in [0.29, 0.717) is 0 Å². The summed E-state index contributed by atoms with van der Waals surface area (Å²) in [7, 11) is 0. The molecule has 2 heteroatoms. The molecule has 0 aliphatic rings. The molecule has 0 fully saturated rings. The van der Waals surface area contributed by atoms with Crippen molar-refractivity contribution in [2.24, 2.45) is 0 Å². The minimum absolute atomic E-state index is 0.280. The molecule has 0 aliphatic heterocycles. The van der Waals surface area contributed by atoms with Crippen LogP contribution < -0.4 is 5.32 Å². The predicted octanol–water partition coefficient (Wildman–Crippen LogP) is 14.2. The van der Waals surface area contributed by atoms with Gasteiger partial charge >= 0.3 is 0 Å². The van der Waals surface area contributed by atoms with Crippen LogP contribution >= 0.6 is 0 Å². The number of carbonyl (C=O) groups is 1. The molecule has 252 valence electrons. The van der Waals surface area contributed by atoms with Crippen LogP contribution in [-0.4, -0.2) is 12.5 Å². The molecule has 0 saturated carbocycles. The summed E-state index contributed by atoms with van der Waals surface area (Å²) in [4.78, 5) is 12.1. The molecule has 0 unspecified atom stereocenters. The average molecular weight is 592 g/mol. The summed E-state index contributed by atoms with van der Waals surface area (Å²) in [5, 5.41) is 3.15. The van der Waals surface area contributed by atoms with Crippen molar-refractivity contribution in [1.29, 1.82) is 0 Å². The first-order valence-electron chi connectivity index (χ1n) is 20.1. The van der Waals surface area contributed by atoms with Gasteiger partial charge in [-0.1, -0.05) is 226 Å². The van der Waals surface area contributed by atoms with E-state index in [-0.39, 0.29) is 5.91 Å². The van der Waals surface area contributed by atoms with Crippen molar-refractivity contribution in [3.05, 3.63) is 0 Å². The van der Waals surface area contributed by atoms with E-state index in [0.717, 1.165) is 25.8 Å². The zero-order valence-corrected chi connectivity index (χ0v) is 29.6. The average Bonchev–Trinajstić information content (AvgIpc) is 3.00. The van der Waals surface area contributed by atoms with Crippen molar-refractivity contribution in [3.63, 3.8) is 0 Å². The molecule has 0 atom stereocenters. The third kappa shape index (κ3) is 37.5. The molecule has 0 spiro atoms. The van der Waals surface area contributed by atoms with Gasteiger partial charge in [0.05, 0.1) is 0 Å². The molecule has 0 heterocycles. The van der Waals surface area contributed by atoms with Gasteiger partial charge in [-0.15, -0.1) is 0 Å². The van der Waals surface area contributed by atoms with Crippen LogP contribution in [0.3, 0.4) is 0 Å². The summed E-state index contributed by atoms with van der Waals surface area (Å²) in [5.41, 5.74) is 0. The molecule has 0 rings (SSSR count). The molecule has 0 aromatic heterocycles. The lowest BCUT2D eigenvalue weighted by atomic mass is 10.0. The van der Waals surface area contributed by atoms with Crippen LogP contribution in [0.15, 0.2) is 0 Å². The molecular weight excluding hydrogens is 510 g/mol. The van der Waals surface area contributed by atoms with Crippen LogP contribution in [0, 0.1) is 0 Å². The molecule has 0 aromatic carbocycles. The predicted molar refractivity (Wildman–Crippen MR) is 191 cm³/mol. The number of amides is 1. The lowest BCUT2D eigenvalue weighted by Crippen LogP contribution is -2.23. The normalized spacial score (nSPS) is 11.4. The number of unbranched alkanes of at least 4 members (excludes halogenated alkanes) is 33. The Kier molecular flexibility index (Phi) is 38.0. The molecule has 42 heavy (non-hydrogen) atoms. The Labute approximate surface area is 267 Å². The van der Waals surface area contributed by atoms with Crippen molar-refractivity contribution >= 4 is 5.91 Å². The van der Waals surface area contributed by atoms with E-state index in [1.807, 2.05) is 0 Å². The maximum Gasteiger partial charge on any atom is 0.219 e. The highest BCUT2D eigenvalue weighted by atomic mass is 16.1. The standard InChI is InChI=1S/C40H81NO/c1-3-5-7-9-11-13-15-17-19-21-23-25-27-29-31-33-35-37-39-41-40(42)38-36-34-32-30-28-26-24-22-20-18-16-14-12-10-8-6-4-2/h3-39H2,1-2H3,(H,41,42). The number of nitrogens with one attached hydrogen (secondary N) is 1. The first-order valence-corrected chi connectivity index (χ1v) is 20.1. The fraction of sp³-hybridized carbons (Fsp3) is 0.975. The summed E-state index contributed by atoms with van der Waals surface area (Å²) in [6.07, 6.45) is 49.7. The zero-order valence-electron chi connectivity index (χ0n) is 29.6. The van der Waals surface area contributed by atoms with Crippen LogP contribution in [-0.2, 0) is 4.79 Å². The van der Waals surface area contributed by atoms with Crippen LogP contribution in [0.4, 0.5) is 0 Å². The summed E-state index contributed by atoms with van der Waals surface area (Å²) in [6, 6.07) is 0. The Morgan fingerprint density at radius 2 is 0.524 bits per heavy atom. The van der Waals surface area contributed by atoms with Gasteiger partial charge in [0.25, 0.3) is 0 Å². The molecule has 1 N–H and O–H groups in total. The first-order chi connectivity index (χ1) is 20.8. The van der Waals surface area contributed by atoms with E-state index in [9.17, 15) is 4.79 Å². The van der Waals surface area contributed by atoms with E-state index < -0.39 is 0 Å². The van der Waals surface area contributed by atoms with Crippen molar-refractivity contribution in [2.45, 2.75) is 245 Å². The summed E-state index contributed by atoms with van der Waals surface area (Å²) in [6.45, 7) is 5.48. The van der Waals surface area contributed by atoms with Crippen molar-refractivity contribution in [3.8, 4) is 0 Å². The topological polar surface area (TPSA) is 29.1 Å². The quantitative estimate of drug-likeness (QED) is 0.0715. The lowest BCUT2D eigenvalue weighted by Gasteiger charge is -2.06. The Bertz CT molecular complexity index is 490. The van der Waals surface area contributed by atoms with Gasteiger partial charge < -0.3 is 5.32 Å². The number of hydrogen-bond acceptors (Lipinski definition) is 1. The third-order valence-electron chi connectivity index (χ3n) is 9.36. The van der Waals surface area contributed by atoms with E-state index >= 15 is 0 Å². The van der Waals surface area contributed by atoms with Gasteiger partial charge in [-0.25, -0.2) is 0 Å². The van der Waals surface area contributed by atoms with Crippen LogP contribution in [0.5, 0.6) is 0 Å². The highest BCUT2D eigenvalue weighted by Gasteiger charge is 2.01. The zero-order chi connectivity index (χ0) is 30.4. The van der Waals surface area contributed by atoms with E-state index in [1.165, 1.54) is 212 Å². The number of hydrogen-bond donors (Lipinski definition) is 1. The Hall–Kier alpha value is -0.530. The molecule has 0 radical (unpaired) electrons. The van der Waals surface area contributed by atoms with Gasteiger partial charge in [-0.3, -0.25) is 4.79 Å². The minimum atomic E-state index is 0.280. The summed E-state index contributed by atoms with van der Waals surface area (Å²) >= 11 is 0. The monoisotopic (exact) mass is 592 g/mol. The lowest BCUT2D eigenvalue weighted by molar-refractivity contribution is -0.121. The van der Waals surface area contributed by atoms with Gasteiger partial charge in [0.1, 0.15) is 0 Å². The van der Waals surface area contributed by atoms with Gasteiger partial charge in [-0.05, 0) is 12.8 Å². The second kappa shape index (κ2) is 38.5. The van der Waals surface area contributed by atoms with E-state index in [4.69, 9.17) is 0 Å². The van der Waals surface area contributed by atoms with Crippen LogP contribution in [0.2, 0.25) is 0 Å². The Morgan fingerprint density at radius 1 is 0.310 bits per heavy atom. The molecule has 2 nitrogen and oxygen atoms in total. The highest BCUT2D eigenvalue weighted by Crippen LogP contribution is 2.16. The SMILES string of the molecule is CCCCCCCCCCCCCCCCCCCCNC(=O)CCCCCCCCCCCCCCCCCCC. The fourth-order valence-corrected chi connectivity index (χ4v) is 6.35. The minimum Gasteiger partial charge on any atom is -0.356 e. The smallest absolute Gasteiger partial charge is 0.219 e. The van der Waals surface area contributed by atoms with E-state index in [1.54, 1.807) is 0 Å². The fourth-order valence-electron chi connectivity index (χ4n) is 6.35. The van der Waals surface area contributed by atoms with Gasteiger partial charge in [0.2, 0.25) is 5.91 Å². The van der Waals surface area contributed by atoms with E-state index in [2.05, 4.69) is 19.2 Å². The van der Waals surface area contributed by atoms with Crippen LogP contribution in [0.25, 0.3) is 0 Å². The number of rotatable bonds is 37. The van der Waals surface area contributed by atoms with Crippen molar-refractivity contribution in [2.75, 3.05) is 6.54 Å². The van der Waals surface area contributed by atoms with Crippen molar-refractivity contribution in [1.82, 2.24) is 5.32 Å². The maximum atomic E-state index is 12.1. The third-order valence-corrected chi connectivity index (χ3v) is 9.36. The molecular formula is C40H81NO. The highest BCUT2D eigenvalue weighted by molar-refractivity contribution is 5.75. The van der Waals surface area contributed by atoms with Gasteiger partial charge in [-0.2, -0.15) is 0 Å². The van der Waals surface area contributed by atoms with Crippen molar-refractivity contribution < 1.29 is 4.79 Å². The maximum absolute atomic E-state index is 12.1. The molecule has 0 aromatic rings. The van der Waals surface area contributed by atoms with Crippen LogP contribution in [0.1, 0.15) is 245 Å². The largest absolute Gasteiger partial charge is 0.356 e. The summed E-state index contributed by atoms with van der Waals surface area (Å²) in [5.74, 6) is 0.280. The number of carbonyl (C=O) groups excluding carboxylic acids is 1. The molecule has 1 amide bonds. The molecule has 0 aliphatic carbocycles. The van der Waals surface area contributed by atoms with Gasteiger partial charge in [0, 0.05) is 13.0 Å².